The van der Waals surface area contributed by atoms with Crippen LogP contribution in [0.3, 0.4) is 0 Å². The first-order chi connectivity index (χ1) is 39.4. The minimum Gasteiger partial charge on any atom is -0.456 e. The summed E-state index contributed by atoms with van der Waals surface area (Å²) in [5, 5.41) is 29.6. The molecule has 0 radical (unpaired) electrons. The number of piperazine rings is 1. The SMILES string of the molecule is CN(c1ncc(S(=O)(=O)NC(=O)c2ccc(N3CCN(CC4=C(c5ccc(Cl)cc5)CC(C)(C)CC4)CC3)cc2Oc2cccc3c2cnn3C(c2ccccc2)(c2ccccc2)c2ccccc2)cc1[N+](=O)[O-])C1CCC(C)(O)CC1. The molecule has 2 fully saturated rings. The zero-order valence-corrected chi connectivity index (χ0v) is 48.1. The maximum absolute atomic E-state index is 14.7. The van der Waals surface area contributed by atoms with Crippen LogP contribution in [-0.2, 0) is 15.6 Å². The Labute approximate surface area is 484 Å². The van der Waals surface area contributed by atoms with E-state index in [1.165, 1.54) is 16.7 Å². The number of fused-ring (bicyclic) bond motifs is 1. The van der Waals surface area contributed by atoms with Gasteiger partial charge in [-0.2, -0.15) is 5.10 Å². The van der Waals surface area contributed by atoms with Gasteiger partial charge in [0, 0.05) is 68.7 Å². The fourth-order valence-electron chi connectivity index (χ4n) is 12.3. The second-order valence-electron chi connectivity index (χ2n) is 23.1. The summed E-state index contributed by atoms with van der Waals surface area (Å²) in [5.74, 6) is -0.572. The van der Waals surface area contributed by atoms with E-state index in [1.54, 1.807) is 49.3 Å². The fraction of sp³-hybridized carbons (Fsp3) is 0.308. The lowest BCUT2D eigenvalue weighted by molar-refractivity contribution is -0.384. The van der Waals surface area contributed by atoms with Gasteiger partial charge in [0.05, 0.1) is 39.4 Å². The van der Waals surface area contributed by atoms with Crippen molar-refractivity contribution in [1.29, 1.82) is 0 Å². The molecule has 3 aliphatic rings. The second-order valence-corrected chi connectivity index (χ2v) is 25.2. The van der Waals surface area contributed by atoms with Crippen molar-refractivity contribution in [2.75, 3.05) is 49.6 Å². The lowest BCUT2D eigenvalue weighted by atomic mass is 9.72. The van der Waals surface area contributed by atoms with E-state index < -0.39 is 42.6 Å². The molecule has 6 aromatic carbocycles. The summed E-state index contributed by atoms with van der Waals surface area (Å²) in [5.41, 5.74) is 6.25. The molecule has 0 atom stereocenters. The highest BCUT2D eigenvalue weighted by atomic mass is 35.5. The van der Waals surface area contributed by atoms with E-state index in [-0.39, 0.29) is 28.6 Å². The number of hydrogen-bond donors (Lipinski definition) is 2. The Morgan fingerprint density at radius 3 is 2.04 bits per heavy atom. The molecule has 1 amide bonds. The number of amides is 1. The van der Waals surface area contributed by atoms with Crippen molar-refractivity contribution in [2.45, 2.75) is 87.8 Å². The third-order valence-corrected chi connectivity index (χ3v) is 18.4. The summed E-state index contributed by atoms with van der Waals surface area (Å²) in [7, 11) is -3.08. The summed E-state index contributed by atoms with van der Waals surface area (Å²) in [6, 6.07) is 50.3. The van der Waals surface area contributed by atoms with Gasteiger partial charge in [0.1, 0.15) is 21.9 Å². The van der Waals surface area contributed by atoms with E-state index in [9.17, 15) is 28.4 Å². The summed E-state index contributed by atoms with van der Waals surface area (Å²) in [4.78, 5) is 36.7. The molecule has 3 heterocycles. The number of nitrogens with one attached hydrogen (secondary N) is 1. The number of allylic oxidation sites excluding steroid dienone is 1. The Morgan fingerprint density at radius 2 is 1.43 bits per heavy atom. The lowest BCUT2D eigenvalue weighted by Crippen LogP contribution is -2.47. The van der Waals surface area contributed by atoms with E-state index >= 15 is 0 Å². The van der Waals surface area contributed by atoms with Gasteiger partial charge in [0.15, 0.2) is 0 Å². The van der Waals surface area contributed by atoms with Gasteiger partial charge in [0.2, 0.25) is 5.82 Å². The van der Waals surface area contributed by atoms with E-state index in [1.807, 2.05) is 83.5 Å². The molecule has 8 aromatic rings. The molecule has 1 saturated heterocycles. The van der Waals surface area contributed by atoms with Crippen LogP contribution in [-0.4, -0.2) is 95.4 Å². The number of rotatable bonds is 16. The predicted octanol–water partition coefficient (Wildman–Crippen LogP) is 12.7. The van der Waals surface area contributed by atoms with Crippen LogP contribution in [0.5, 0.6) is 11.5 Å². The number of halogens is 1. The lowest BCUT2D eigenvalue weighted by Gasteiger charge is -2.39. The minimum atomic E-state index is -4.75. The Bertz CT molecular complexity index is 3690. The molecule has 0 unspecified atom stereocenters. The number of aromatic nitrogens is 3. The van der Waals surface area contributed by atoms with Gasteiger partial charge in [-0.15, -0.1) is 0 Å². The van der Waals surface area contributed by atoms with Crippen molar-refractivity contribution in [3.63, 3.8) is 0 Å². The van der Waals surface area contributed by atoms with Crippen LogP contribution in [0.4, 0.5) is 17.2 Å². The van der Waals surface area contributed by atoms with Crippen molar-refractivity contribution in [3.8, 4) is 11.5 Å². The van der Waals surface area contributed by atoms with Crippen molar-refractivity contribution in [2.24, 2.45) is 5.41 Å². The quantitative estimate of drug-likeness (QED) is 0.0533. The van der Waals surface area contributed by atoms with Crippen LogP contribution >= 0.6 is 11.6 Å². The molecule has 82 heavy (non-hydrogen) atoms. The minimum absolute atomic E-state index is 0.0159. The van der Waals surface area contributed by atoms with Gasteiger partial charge in [-0.05, 0) is 122 Å². The average molecular weight is 1140 g/mol. The van der Waals surface area contributed by atoms with Crippen LogP contribution in [0.2, 0.25) is 5.02 Å². The van der Waals surface area contributed by atoms with E-state index in [0.717, 1.165) is 79.1 Å². The summed E-state index contributed by atoms with van der Waals surface area (Å²) in [6.45, 7) is 10.2. The molecule has 17 heteroatoms. The van der Waals surface area contributed by atoms with Crippen molar-refractivity contribution in [3.05, 3.63) is 219 Å². The van der Waals surface area contributed by atoms with Crippen LogP contribution in [0.15, 0.2) is 181 Å². The number of aliphatic hydroxyl groups is 1. The smallest absolute Gasteiger partial charge is 0.312 e. The number of carbonyl (C=O) groups excluding carboxylic acids is 1. The summed E-state index contributed by atoms with van der Waals surface area (Å²) < 4.78 is 39.6. The molecular formula is C65H67ClN8O7S. The first-order valence-corrected chi connectivity index (χ1v) is 29.8. The number of anilines is 2. The van der Waals surface area contributed by atoms with Gasteiger partial charge in [0.25, 0.3) is 15.9 Å². The van der Waals surface area contributed by atoms with Gasteiger partial charge in [-0.3, -0.25) is 19.8 Å². The standard InChI is InChI=1S/C65H67ClN8O7S/c1-63(2)32-29-46(55(41-63)45-23-25-50(66)26-24-45)44-71-35-37-72(38-36-71)52-27-28-54(62(75)69-82(79,80)53-40-58(74(77)78)61(67-42-53)70(4)51-30-33-64(3,76)34-31-51)60(39-52)81-59-22-14-21-57-56(59)43-68-73(57)65(47-15-8-5-9-16-47,48-17-10-6-11-18-48)49-19-12-7-13-20-49/h5-28,39-40,42-43,51,76H,29-38,41,44H2,1-4H3,(H,69,75). The zero-order chi connectivity index (χ0) is 57.4. The Balaban J connectivity index is 0.937. The highest BCUT2D eigenvalue weighted by Gasteiger charge is 2.41. The van der Waals surface area contributed by atoms with Gasteiger partial charge in [-0.25, -0.2) is 22.8 Å². The largest absolute Gasteiger partial charge is 0.456 e. The molecule has 11 rings (SSSR count). The summed E-state index contributed by atoms with van der Waals surface area (Å²) in [6.07, 6.45) is 8.02. The number of ether oxygens (including phenoxy) is 1. The van der Waals surface area contributed by atoms with Crippen LogP contribution in [0.1, 0.15) is 98.3 Å². The van der Waals surface area contributed by atoms with E-state index in [2.05, 4.69) is 81.9 Å². The third-order valence-electron chi connectivity index (χ3n) is 16.9. The van der Waals surface area contributed by atoms with Crippen molar-refractivity contribution < 1.29 is 28.0 Å². The topological polar surface area (TPSA) is 176 Å². The van der Waals surface area contributed by atoms with E-state index in [0.29, 0.717) is 54.9 Å². The first kappa shape index (κ1) is 56.0. The zero-order valence-electron chi connectivity index (χ0n) is 46.5. The van der Waals surface area contributed by atoms with Gasteiger partial charge < -0.3 is 19.6 Å². The Hall–Kier alpha value is -7.89. The monoisotopic (exact) mass is 1140 g/mol. The number of nitro groups is 1. The molecule has 2 aromatic heterocycles. The molecule has 422 valence electrons. The fourth-order valence-corrected chi connectivity index (χ4v) is 13.3. The molecule has 1 saturated carbocycles. The van der Waals surface area contributed by atoms with E-state index in [4.69, 9.17) is 21.4 Å². The van der Waals surface area contributed by atoms with Gasteiger partial charge >= 0.3 is 5.69 Å². The van der Waals surface area contributed by atoms with Crippen molar-refractivity contribution in [1.82, 2.24) is 24.4 Å². The summed E-state index contributed by atoms with van der Waals surface area (Å²) >= 11 is 6.32. The highest BCUT2D eigenvalue weighted by molar-refractivity contribution is 7.90. The number of carbonyl (C=O) groups is 1. The second kappa shape index (κ2) is 22.8. The van der Waals surface area contributed by atoms with Crippen molar-refractivity contribution >= 4 is 61.2 Å². The van der Waals surface area contributed by atoms with Crippen LogP contribution in [0.25, 0.3) is 16.5 Å². The molecule has 2 aliphatic carbocycles. The maximum atomic E-state index is 14.7. The first-order valence-electron chi connectivity index (χ1n) is 28.0. The Kier molecular flexibility index (Phi) is 15.6. The number of pyridine rings is 1. The normalized spacial score (nSPS) is 18.8. The maximum Gasteiger partial charge on any atom is 0.312 e. The van der Waals surface area contributed by atoms with Crippen LogP contribution < -0.4 is 19.3 Å². The molecular weight excluding hydrogens is 1070 g/mol. The average Bonchev–Trinajstić information content (AvgIpc) is 2.45. The predicted molar refractivity (Wildman–Crippen MR) is 322 cm³/mol. The van der Waals surface area contributed by atoms with Crippen LogP contribution in [0, 0.1) is 15.5 Å². The number of nitrogens with zero attached hydrogens (tertiary/aromatic N) is 7. The molecule has 0 spiro atoms. The number of sulfonamides is 1. The molecule has 2 N–H and O–H groups in total. The molecule has 0 bridgehead atoms. The highest BCUT2D eigenvalue weighted by Crippen LogP contribution is 2.46. The number of benzene rings is 6. The van der Waals surface area contributed by atoms with Gasteiger partial charge in [-0.1, -0.05) is 140 Å². The molecule has 15 nitrogen and oxygen atoms in total. The molecule has 1 aliphatic heterocycles. The Morgan fingerprint density at radius 1 is 0.805 bits per heavy atom. The third kappa shape index (κ3) is 11.4. The number of hydrogen-bond acceptors (Lipinski definition) is 12.